The Balaban J connectivity index is 2.75. The summed E-state index contributed by atoms with van der Waals surface area (Å²) in [5, 5.41) is 0. The number of benzene rings is 1. The van der Waals surface area contributed by atoms with Crippen LogP contribution in [-0.4, -0.2) is 8.96 Å². The average Bonchev–Trinajstić information content (AvgIpc) is 2.02. The maximum absolute atomic E-state index is 11.8. The number of rotatable bonds is 2. The highest BCUT2D eigenvalue weighted by atomic mass is 32.2. The Morgan fingerprint density at radius 2 is 2.00 bits per heavy atom. The van der Waals surface area contributed by atoms with Crippen molar-refractivity contribution in [1.82, 2.24) is 0 Å². The fraction of sp³-hybridized carbons (Fsp3) is 0.455. The second-order valence-corrected chi connectivity index (χ2v) is 6.55. The Morgan fingerprint density at radius 1 is 1.36 bits per heavy atom. The molecule has 0 aromatic heterocycles. The van der Waals surface area contributed by atoms with Crippen LogP contribution < -0.4 is 5.73 Å². The van der Waals surface area contributed by atoms with Gasteiger partial charge in [-0.15, -0.1) is 0 Å². The van der Waals surface area contributed by atoms with Crippen LogP contribution in [0.15, 0.2) is 24.3 Å². The van der Waals surface area contributed by atoms with Crippen LogP contribution in [-0.2, 0) is 16.6 Å². The summed E-state index contributed by atoms with van der Waals surface area (Å²) in [6, 6.07) is 7.57. The number of anilines is 1. The van der Waals surface area contributed by atoms with E-state index in [1.165, 1.54) is 0 Å². The molecule has 0 fully saturated rings. The summed E-state index contributed by atoms with van der Waals surface area (Å²) >= 11 is 0. The van der Waals surface area contributed by atoms with Crippen molar-refractivity contribution in [3.63, 3.8) is 0 Å². The number of hydrogen-bond acceptors (Lipinski definition) is 2. The Hall–Kier alpha value is -0.830. The summed E-state index contributed by atoms with van der Waals surface area (Å²) in [4.78, 5) is 0. The van der Waals surface area contributed by atoms with E-state index < -0.39 is 10.8 Å². The molecule has 2 N–H and O–H groups in total. The fourth-order valence-electron chi connectivity index (χ4n) is 1.05. The summed E-state index contributed by atoms with van der Waals surface area (Å²) in [5.74, 6) is 0.578. The van der Waals surface area contributed by atoms with Gasteiger partial charge >= 0.3 is 0 Å². The number of hydrogen-bond donors (Lipinski definition) is 1. The van der Waals surface area contributed by atoms with Gasteiger partial charge in [0.15, 0.2) is 0 Å². The minimum Gasteiger partial charge on any atom is -0.399 e. The Labute approximate surface area is 88.0 Å². The molecule has 0 saturated carbocycles. The Kier molecular flexibility index (Phi) is 3.32. The Bertz CT molecular complexity index is 341. The van der Waals surface area contributed by atoms with Gasteiger partial charge in [-0.05, 0) is 38.5 Å². The van der Waals surface area contributed by atoms with Crippen molar-refractivity contribution >= 4 is 16.5 Å². The highest BCUT2D eigenvalue weighted by Crippen LogP contribution is 2.17. The van der Waals surface area contributed by atoms with Crippen LogP contribution in [0.5, 0.6) is 0 Å². The van der Waals surface area contributed by atoms with E-state index in [0.29, 0.717) is 5.75 Å². The van der Waals surface area contributed by atoms with Gasteiger partial charge in [0.25, 0.3) is 0 Å². The molecule has 0 aliphatic carbocycles. The minimum atomic E-state index is -0.852. The van der Waals surface area contributed by atoms with E-state index in [0.717, 1.165) is 11.3 Å². The molecule has 0 saturated heterocycles. The third-order valence-corrected chi connectivity index (χ3v) is 3.89. The molecule has 14 heavy (non-hydrogen) atoms. The van der Waals surface area contributed by atoms with Gasteiger partial charge in [-0.2, -0.15) is 0 Å². The van der Waals surface area contributed by atoms with Gasteiger partial charge in [0, 0.05) is 27.0 Å². The summed E-state index contributed by atoms with van der Waals surface area (Å²) in [6.45, 7) is 5.94. The molecule has 0 bridgehead atoms. The van der Waals surface area contributed by atoms with E-state index in [-0.39, 0.29) is 4.75 Å². The first-order valence-electron chi connectivity index (χ1n) is 4.62. The third kappa shape index (κ3) is 3.14. The van der Waals surface area contributed by atoms with Crippen molar-refractivity contribution in [1.29, 1.82) is 0 Å². The molecule has 2 nitrogen and oxygen atoms in total. The zero-order chi connectivity index (χ0) is 10.8. The molecular formula is C11H17NOS. The predicted molar refractivity (Wildman–Crippen MR) is 62.5 cm³/mol. The van der Waals surface area contributed by atoms with Gasteiger partial charge in [0.05, 0.1) is 0 Å². The molecule has 0 unspecified atom stereocenters. The summed E-state index contributed by atoms with van der Waals surface area (Å²) in [6.07, 6.45) is 0. The maximum Gasteiger partial charge on any atom is 0.0491 e. The standard InChI is InChI=1S/C11H17NOS/c1-11(2,3)14(13)8-9-5-4-6-10(12)7-9/h4-7H,8,12H2,1-3H3/t14-/m0/s1. The third-order valence-electron chi connectivity index (χ3n) is 1.93. The number of nitrogen functional groups attached to an aromatic ring is 1. The molecule has 0 aliphatic heterocycles. The molecule has 0 heterocycles. The number of nitrogens with two attached hydrogens (primary N) is 1. The van der Waals surface area contributed by atoms with Gasteiger partial charge in [-0.1, -0.05) is 12.1 Å². The van der Waals surface area contributed by atoms with Crippen LogP contribution in [0.3, 0.4) is 0 Å². The molecule has 3 heteroatoms. The monoisotopic (exact) mass is 211 g/mol. The second-order valence-electron chi connectivity index (χ2n) is 4.35. The topological polar surface area (TPSA) is 43.1 Å². The van der Waals surface area contributed by atoms with E-state index in [1.54, 1.807) is 0 Å². The highest BCUT2D eigenvalue weighted by Gasteiger charge is 2.19. The normalized spacial score (nSPS) is 13.9. The average molecular weight is 211 g/mol. The van der Waals surface area contributed by atoms with Gasteiger partial charge in [0.2, 0.25) is 0 Å². The van der Waals surface area contributed by atoms with Crippen LogP contribution >= 0.6 is 0 Å². The molecule has 0 radical (unpaired) electrons. The van der Waals surface area contributed by atoms with Gasteiger partial charge < -0.3 is 5.73 Å². The molecule has 0 spiro atoms. The summed E-state index contributed by atoms with van der Waals surface area (Å²) < 4.78 is 11.7. The molecule has 0 amide bonds. The van der Waals surface area contributed by atoms with Crippen LogP contribution in [0.4, 0.5) is 5.69 Å². The molecule has 1 aromatic carbocycles. The van der Waals surface area contributed by atoms with Crippen molar-refractivity contribution in [2.75, 3.05) is 5.73 Å². The summed E-state index contributed by atoms with van der Waals surface area (Å²) in [5.41, 5.74) is 7.41. The minimum absolute atomic E-state index is 0.162. The highest BCUT2D eigenvalue weighted by molar-refractivity contribution is 7.85. The van der Waals surface area contributed by atoms with Crippen LogP contribution in [0.1, 0.15) is 26.3 Å². The van der Waals surface area contributed by atoms with Gasteiger partial charge in [-0.3, -0.25) is 4.21 Å². The van der Waals surface area contributed by atoms with E-state index >= 15 is 0 Å². The van der Waals surface area contributed by atoms with Gasteiger partial charge in [0.1, 0.15) is 0 Å². The predicted octanol–water partition coefficient (Wildman–Crippen LogP) is 2.32. The zero-order valence-electron chi connectivity index (χ0n) is 8.91. The van der Waals surface area contributed by atoms with Crippen molar-refractivity contribution in [3.05, 3.63) is 29.8 Å². The van der Waals surface area contributed by atoms with Gasteiger partial charge in [-0.25, -0.2) is 0 Å². The van der Waals surface area contributed by atoms with Crippen molar-refractivity contribution in [3.8, 4) is 0 Å². The van der Waals surface area contributed by atoms with E-state index in [2.05, 4.69) is 0 Å². The van der Waals surface area contributed by atoms with E-state index in [1.807, 2.05) is 45.0 Å². The van der Waals surface area contributed by atoms with Crippen LogP contribution in [0, 0.1) is 0 Å². The Morgan fingerprint density at radius 3 is 2.50 bits per heavy atom. The smallest absolute Gasteiger partial charge is 0.0491 e. The maximum atomic E-state index is 11.8. The molecule has 1 rings (SSSR count). The molecular weight excluding hydrogens is 194 g/mol. The first kappa shape index (κ1) is 11.2. The zero-order valence-corrected chi connectivity index (χ0v) is 9.73. The van der Waals surface area contributed by atoms with E-state index in [4.69, 9.17) is 5.73 Å². The van der Waals surface area contributed by atoms with E-state index in [9.17, 15) is 4.21 Å². The summed E-state index contributed by atoms with van der Waals surface area (Å²) in [7, 11) is -0.852. The molecule has 78 valence electrons. The lowest BCUT2D eigenvalue weighted by Gasteiger charge is -2.17. The van der Waals surface area contributed by atoms with Crippen LogP contribution in [0.2, 0.25) is 0 Å². The lowest BCUT2D eigenvalue weighted by Crippen LogP contribution is -2.22. The SMILES string of the molecule is CC(C)(C)[S@@](=O)Cc1cccc(N)c1. The second kappa shape index (κ2) is 4.13. The van der Waals surface area contributed by atoms with Crippen molar-refractivity contribution in [2.24, 2.45) is 0 Å². The van der Waals surface area contributed by atoms with Crippen molar-refractivity contribution < 1.29 is 4.21 Å². The first-order valence-corrected chi connectivity index (χ1v) is 5.94. The molecule has 0 aliphatic rings. The quantitative estimate of drug-likeness (QED) is 0.763. The molecule has 1 atom stereocenters. The largest absolute Gasteiger partial charge is 0.399 e. The lowest BCUT2D eigenvalue weighted by atomic mass is 10.2. The van der Waals surface area contributed by atoms with Crippen LogP contribution in [0.25, 0.3) is 0 Å². The molecule has 1 aromatic rings. The first-order chi connectivity index (χ1) is 6.39. The lowest BCUT2D eigenvalue weighted by molar-refractivity contribution is 0.648. The fourth-order valence-corrected chi connectivity index (χ4v) is 1.97. The van der Waals surface area contributed by atoms with Crippen molar-refractivity contribution in [2.45, 2.75) is 31.3 Å².